The minimum absolute atomic E-state index is 0.0540. The summed E-state index contributed by atoms with van der Waals surface area (Å²) in [7, 11) is -4.04. The van der Waals surface area contributed by atoms with Crippen molar-refractivity contribution in [2.75, 3.05) is 6.61 Å². The topological polar surface area (TPSA) is 43.4 Å². The number of rotatable bonds is 9. The highest BCUT2D eigenvalue weighted by Gasteiger charge is 2.24. The van der Waals surface area contributed by atoms with Gasteiger partial charge in [0.2, 0.25) is 0 Å². The van der Waals surface area contributed by atoms with Crippen LogP contribution in [0.15, 0.2) is 29.2 Å². The molecule has 0 heterocycles. The molecule has 0 aromatic heterocycles. The first kappa shape index (κ1) is 18.0. The number of hydrogen-bond acceptors (Lipinski definition) is 3. The van der Waals surface area contributed by atoms with Gasteiger partial charge < -0.3 is 0 Å². The summed E-state index contributed by atoms with van der Waals surface area (Å²) in [5, 5.41) is 0. The number of hydrogen-bond donors (Lipinski definition) is 0. The molecule has 0 aliphatic heterocycles. The molecule has 2 atom stereocenters. The van der Waals surface area contributed by atoms with Crippen molar-refractivity contribution >= 4 is 10.1 Å². The van der Waals surface area contributed by atoms with E-state index in [9.17, 15) is 17.2 Å². The van der Waals surface area contributed by atoms with E-state index in [4.69, 9.17) is 0 Å². The van der Waals surface area contributed by atoms with Gasteiger partial charge in [-0.2, -0.15) is 8.42 Å². The van der Waals surface area contributed by atoms with Crippen LogP contribution in [0.5, 0.6) is 0 Å². The van der Waals surface area contributed by atoms with Crippen LogP contribution in [0.1, 0.15) is 38.2 Å². The molecule has 0 bridgehead atoms. The van der Waals surface area contributed by atoms with Crippen molar-refractivity contribution in [1.29, 1.82) is 0 Å². The molecule has 0 aliphatic rings. The largest absolute Gasteiger partial charge is 0.297 e. The molecule has 0 fully saturated rings. The summed E-state index contributed by atoms with van der Waals surface area (Å²) >= 11 is 0. The van der Waals surface area contributed by atoms with Crippen molar-refractivity contribution in [3.63, 3.8) is 0 Å². The van der Waals surface area contributed by atoms with Crippen molar-refractivity contribution in [2.24, 2.45) is 0 Å². The van der Waals surface area contributed by atoms with Gasteiger partial charge in [-0.15, -0.1) is 0 Å². The molecule has 0 saturated carbocycles. The van der Waals surface area contributed by atoms with E-state index in [0.29, 0.717) is 6.42 Å². The molecule has 120 valence electrons. The lowest BCUT2D eigenvalue weighted by atomic mass is 10.1. The zero-order valence-corrected chi connectivity index (χ0v) is 13.2. The second-order valence-electron chi connectivity index (χ2n) is 5.08. The maximum absolute atomic E-state index is 13.6. The third-order valence-corrected chi connectivity index (χ3v) is 4.46. The Morgan fingerprint density at radius 1 is 1.10 bits per heavy atom. The second-order valence-corrected chi connectivity index (χ2v) is 6.69. The quantitative estimate of drug-likeness (QED) is 0.511. The molecular weight excluding hydrogens is 298 g/mol. The van der Waals surface area contributed by atoms with Gasteiger partial charge in [-0.05, 0) is 25.5 Å². The fourth-order valence-electron chi connectivity index (χ4n) is 1.80. The minimum atomic E-state index is -4.04. The molecule has 0 saturated heterocycles. The van der Waals surface area contributed by atoms with E-state index in [2.05, 4.69) is 4.18 Å². The van der Waals surface area contributed by atoms with Crippen LogP contribution in [-0.4, -0.2) is 27.4 Å². The molecule has 0 aliphatic carbocycles. The number of benzene rings is 1. The molecule has 3 nitrogen and oxygen atoms in total. The highest BCUT2D eigenvalue weighted by Crippen LogP contribution is 2.17. The summed E-state index contributed by atoms with van der Waals surface area (Å²) in [4.78, 5) is -0.0540. The van der Waals surface area contributed by atoms with Gasteiger partial charge in [0.25, 0.3) is 10.1 Å². The molecule has 1 aromatic carbocycles. The van der Waals surface area contributed by atoms with E-state index in [1.54, 1.807) is 12.1 Å². The van der Waals surface area contributed by atoms with E-state index >= 15 is 0 Å². The smallest absolute Gasteiger partial charge is 0.263 e. The summed E-state index contributed by atoms with van der Waals surface area (Å²) in [6.07, 6.45) is -1.20. The van der Waals surface area contributed by atoms with Gasteiger partial charge in [0.05, 0.1) is 4.90 Å². The zero-order chi connectivity index (χ0) is 15.9. The molecule has 0 N–H and O–H groups in total. The molecule has 1 rings (SSSR count). The third-order valence-electron chi connectivity index (χ3n) is 3.17. The highest BCUT2D eigenvalue weighted by atomic mass is 32.2. The summed E-state index contributed by atoms with van der Waals surface area (Å²) in [6.45, 7) is 3.00. The fourth-order valence-corrected chi connectivity index (χ4v) is 2.72. The van der Waals surface area contributed by atoms with Crippen LogP contribution in [0.25, 0.3) is 0 Å². The average molecular weight is 320 g/mol. The second kappa shape index (κ2) is 8.44. The minimum Gasteiger partial charge on any atom is -0.263 e. The van der Waals surface area contributed by atoms with E-state index in [-0.39, 0.29) is 11.3 Å². The molecule has 0 unspecified atom stereocenters. The zero-order valence-electron chi connectivity index (χ0n) is 12.4. The van der Waals surface area contributed by atoms with E-state index in [1.807, 2.05) is 13.8 Å². The lowest BCUT2D eigenvalue weighted by Gasteiger charge is -2.13. The lowest BCUT2D eigenvalue weighted by Crippen LogP contribution is -2.25. The Hall–Kier alpha value is -1.01. The SMILES string of the molecule is CCCCC[C@@H](F)[C@H](F)COS(=O)(=O)c1ccc(C)cc1. The maximum atomic E-state index is 13.6. The van der Waals surface area contributed by atoms with Crippen LogP contribution in [0, 0.1) is 6.92 Å². The van der Waals surface area contributed by atoms with Crippen LogP contribution in [-0.2, 0) is 14.3 Å². The standard InChI is InChI=1S/C15H22F2O3S/c1-3-4-5-6-14(16)15(17)11-20-21(18,19)13-9-7-12(2)8-10-13/h7-10,14-15H,3-6,11H2,1-2H3/t14-,15-/m1/s1. The maximum Gasteiger partial charge on any atom is 0.297 e. The van der Waals surface area contributed by atoms with Crippen molar-refractivity contribution in [2.45, 2.75) is 56.8 Å². The lowest BCUT2D eigenvalue weighted by molar-refractivity contribution is 0.104. The van der Waals surface area contributed by atoms with Crippen LogP contribution < -0.4 is 0 Å². The molecule has 1 aromatic rings. The van der Waals surface area contributed by atoms with Crippen molar-refractivity contribution < 1.29 is 21.4 Å². The van der Waals surface area contributed by atoms with Gasteiger partial charge in [0.15, 0.2) is 6.17 Å². The molecule has 0 spiro atoms. The van der Waals surface area contributed by atoms with Crippen LogP contribution in [0.4, 0.5) is 8.78 Å². The van der Waals surface area contributed by atoms with Gasteiger partial charge in [0, 0.05) is 0 Å². The van der Waals surface area contributed by atoms with Gasteiger partial charge in [0.1, 0.15) is 12.8 Å². The average Bonchev–Trinajstić information content (AvgIpc) is 2.45. The Labute approximate surface area is 125 Å². The summed E-state index contributed by atoms with van der Waals surface area (Å²) in [6, 6.07) is 6.00. The van der Waals surface area contributed by atoms with Crippen LogP contribution in [0.2, 0.25) is 0 Å². The summed E-state index contributed by atoms with van der Waals surface area (Å²) in [5.41, 5.74) is 0.900. The first-order valence-electron chi connectivity index (χ1n) is 7.11. The molecule has 6 heteroatoms. The van der Waals surface area contributed by atoms with E-state index < -0.39 is 29.1 Å². The van der Waals surface area contributed by atoms with Crippen LogP contribution in [0.3, 0.4) is 0 Å². The molecule has 0 amide bonds. The normalized spacial score (nSPS) is 14.9. The Bertz CT molecular complexity index is 514. The third kappa shape index (κ3) is 6.09. The molecule has 21 heavy (non-hydrogen) atoms. The predicted octanol–water partition coefficient (Wildman–Crippen LogP) is 3.96. The number of halogens is 2. The van der Waals surface area contributed by atoms with Gasteiger partial charge in [-0.1, -0.05) is 43.9 Å². The van der Waals surface area contributed by atoms with Crippen molar-refractivity contribution in [3.05, 3.63) is 29.8 Å². The molecule has 0 radical (unpaired) electrons. The Morgan fingerprint density at radius 2 is 1.71 bits per heavy atom. The predicted molar refractivity (Wildman–Crippen MR) is 78.3 cm³/mol. The first-order chi connectivity index (χ1) is 9.86. The number of unbranched alkanes of at least 4 members (excludes halogenated alkanes) is 2. The molecular formula is C15H22F2O3S. The Balaban J connectivity index is 2.51. The first-order valence-corrected chi connectivity index (χ1v) is 8.52. The number of alkyl halides is 2. The Morgan fingerprint density at radius 3 is 2.29 bits per heavy atom. The van der Waals surface area contributed by atoms with E-state index in [0.717, 1.165) is 18.4 Å². The van der Waals surface area contributed by atoms with E-state index in [1.165, 1.54) is 12.1 Å². The van der Waals surface area contributed by atoms with Crippen molar-refractivity contribution in [1.82, 2.24) is 0 Å². The van der Waals surface area contributed by atoms with Gasteiger partial charge >= 0.3 is 0 Å². The van der Waals surface area contributed by atoms with Crippen molar-refractivity contribution in [3.8, 4) is 0 Å². The summed E-state index contributed by atoms with van der Waals surface area (Å²) in [5.74, 6) is 0. The van der Waals surface area contributed by atoms with Gasteiger partial charge in [-0.3, -0.25) is 4.18 Å². The monoisotopic (exact) mass is 320 g/mol. The highest BCUT2D eigenvalue weighted by molar-refractivity contribution is 7.86. The fraction of sp³-hybridized carbons (Fsp3) is 0.600. The van der Waals surface area contributed by atoms with Gasteiger partial charge in [-0.25, -0.2) is 8.78 Å². The Kier molecular flexibility index (Phi) is 7.25. The van der Waals surface area contributed by atoms with Crippen LogP contribution >= 0.6 is 0 Å². The summed E-state index contributed by atoms with van der Waals surface area (Å²) < 4.78 is 55.3. The number of aryl methyl sites for hydroxylation is 1.